The van der Waals surface area contributed by atoms with Gasteiger partial charge in [0, 0.05) is 12.5 Å². The number of aromatic nitrogens is 1. The molecule has 19 heavy (non-hydrogen) atoms. The highest BCUT2D eigenvalue weighted by Gasteiger charge is 2.15. The van der Waals surface area contributed by atoms with Crippen molar-refractivity contribution in [3.8, 4) is 17.7 Å². The second-order valence-corrected chi connectivity index (χ2v) is 4.14. The zero-order chi connectivity index (χ0) is 13.8. The van der Waals surface area contributed by atoms with Gasteiger partial charge in [0.25, 0.3) is 0 Å². The molecule has 0 saturated heterocycles. The molecule has 0 amide bonds. The third-order valence-electron chi connectivity index (χ3n) is 2.51. The summed E-state index contributed by atoms with van der Waals surface area (Å²) in [5, 5.41) is 19.3. The summed E-state index contributed by atoms with van der Waals surface area (Å²) in [4.78, 5) is 4.22. The third-order valence-corrected chi connectivity index (χ3v) is 2.90. The lowest BCUT2D eigenvalue weighted by molar-refractivity contribution is 0.144. The molecular weight excluding hydrogens is 268 g/mol. The summed E-state index contributed by atoms with van der Waals surface area (Å²) in [5.41, 5.74) is 0.699. The predicted molar refractivity (Wildman–Crippen MR) is 70.5 cm³/mol. The molecule has 0 aliphatic carbocycles. The summed E-state index contributed by atoms with van der Waals surface area (Å²) in [6, 6.07) is 6.53. The van der Waals surface area contributed by atoms with Crippen LogP contribution in [0.5, 0.6) is 11.6 Å². The molecule has 0 radical (unpaired) electrons. The molecule has 2 aromatic rings. The Morgan fingerprint density at radius 2 is 2.21 bits per heavy atom. The van der Waals surface area contributed by atoms with E-state index in [1.165, 1.54) is 12.1 Å². The summed E-state index contributed by atoms with van der Waals surface area (Å²) in [6.45, 7) is 0.663. The lowest BCUT2D eigenvalue weighted by Gasteiger charge is -2.10. The number of methoxy groups -OCH3 is 1. The number of fused-ring (bicyclic) bond motifs is 1. The van der Waals surface area contributed by atoms with E-state index >= 15 is 0 Å². The monoisotopic (exact) mass is 278 g/mol. The average molecular weight is 279 g/mol. The van der Waals surface area contributed by atoms with Crippen molar-refractivity contribution < 1.29 is 14.6 Å². The van der Waals surface area contributed by atoms with Crippen molar-refractivity contribution in [2.75, 3.05) is 20.3 Å². The molecule has 0 spiro atoms. The topological polar surface area (TPSA) is 75.4 Å². The van der Waals surface area contributed by atoms with Crippen molar-refractivity contribution in [1.29, 1.82) is 5.26 Å². The number of phenolic OH excluding ortho intramolecular Hbond substituents is 1. The van der Waals surface area contributed by atoms with Crippen molar-refractivity contribution in [3.05, 3.63) is 28.8 Å². The highest BCUT2D eigenvalue weighted by atomic mass is 35.5. The molecule has 1 N–H and O–H groups in total. The van der Waals surface area contributed by atoms with E-state index in [-0.39, 0.29) is 28.8 Å². The van der Waals surface area contributed by atoms with Gasteiger partial charge in [-0.15, -0.1) is 0 Å². The quantitative estimate of drug-likeness (QED) is 0.870. The molecule has 1 aromatic heterocycles. The number of hydrogen-bond donors (Lipinski definition) is 1. The number of aromatic hydroxyl groups is 1. The summed E-state index contributed by atoms with van der Waals surface area (Å²) in [6.07, 6.45) is 0. The van der Waals surface area contributed by atoms with Crippen LogP contribution in [0.25, 0.3) is 10.9 Å². The lowest BCUT2D eigenvalue weighted by Crippen LogP contribution is -2.07. The van der Waals surface area contributed by atoms with Crippen LogP contribution in [-0.4, -0.2) is 30.4 Å². The van der Waals surface area contributed by atoms with Gasteiger partial charge in [-0.2, -0.15) is 5.26 Å². The Hall–Kier alpha value is -2.03. The van der Waals surface area contributed by atoms with Crippen molar-refractivity contribution >= 4 is 22.5 Å². The first-order chi connectivity index (χ1) is 9.17. The Morgan fingerprint density at radius 1 is 1.42 bits per heavy atom. The zero-order valence-electron chi connectivity index (χ0n) is 10.2. The van der Waals surface area contributed by atoms with E-state index < -0.39 is 0 Å². The van der Waals surface area contributed by atoms with Gasteiger partial charge in [-0.3, -0.25) is 0 Å². The fraction of sp³-hybridized carbons (Fsp3) is 0.231. The maximum Gasteiger partial charge on any atom is 0.233 e. The molecule has 0 saturated carbocycles. The minimum Gasteiger partial charge on any atom is -0.508 e. The van der Waals surface area contributed by atoms with E-state index in [1.54, 1.807) is 13.2 Å². The van der Waals surface area contributed by atoms with E-state index in [0.717, 1.165) is 0 Å². The van der Waals surface area contributed by atoms with Crippen LogP contribution in [0.4, 0.5) is 0 Å². The zero-order valence-corrected chi connectivity index (χ0v) is 10.9. The molecule has 0 unspecified atom stereocenters. The van der Waals surface area contributed by atoms with Gasteiger partial charge >= 0.3 is 0 Å². The molecule has 0 atom stereocenters. The first-order valence-corrected chi connectivity index (χ1v) is 5.89. The minimum atomic E-state index is 0.0631. The minimum absolute atomic E-state index is 0.0631. The van der Waals surface area contributed by atoms with Crippen LogP contribution < -0.4 is 4.74 Å². The maximum absolute atomic E-state index is 9.44. The maximum atomic E-state index is 9.44. The van der Waals surface area contributed by atoms with Crippen LogP contribution in [0.2, 0.25) is 5.02 Å². The summed E-state index contributed by atoms with van der Waals surface area (Å²) in [5.74, 6) is 0.232. The summed E-state index contributed by atoms with van der Waals surface area (Å²) in [7, 11) is 1.55. The Kier molecular flexibility index (Phi) is 4.05. The lowest BCUT2D eigenvalue weighted by atomic mass is 10.1. The number of phenols is 1. The SMILES string of the molecule is COCCOc1nc2ccc(O)cc2c(Cl)c1C#N. The first kappa shape index (κ1) is 13.4. The molecule has 5 nitrogen and oxygen atoms in total. The number of benzene rings is 1. The van der Waals surface area contributed by atoms with Crippen molar-refractivity contribution in [2.24, 2.45) is 0 Å². The molecule has 0 aliphatic rings. The second kappa shape index (κ2) is 5.74. The summed E-state index contributed by atoms with van der Waals surface area (Å²) >= 11 is 6.15. The van der Waals surface area contributed by atoms with E-state index in [9.17, 15) is 5.11 Å². The molecule has 0 aliphatic heterocycles. The van der Waals surface area contributed by atoms with Gasteiger partial charge in [-0.25, -0.2) is 4.98 Å². The van der Waals surface area contributed by atoms with Crippen LogP contribution >= 0.6 is 11.6 Å². The number of halogens is 1. The Balaban J connectivity index is 2.52. The number of nitrogens with zero attached hydrogens (tertiary/aromatic N) is 2. The molecule has 0 bridgehead atoms. The molecule has 1 aromatic carbocycles. The van der Waals surface area contributed by atoms with Crippen LogP contribution in [0, 0.1) is 11.3 Å². The molecule has 2 rings (SSSR count). The Morgan fingerprint density at radius 3 is 2.89 bits per heavy atom. The molecule has 0 fully saturated rings. The van der Waals surface area contributed by atoms with Crippen LogP contribution in [-0.2, 0) is 4.74 Å². The van der Waals surface area contributed by atoms with Gasteiger partial charge in [0.15, 0.2) is 0 Å². The van der Waals surface area contributed by atoms with Gasteiger partial charge in [-0.05, 0) is 18.2 Å². The van der Waals surface area contributed by atoms with Crippen LogP contribution in [0.15, 0.2) is 18.2 Å². The number of pyridine rings is 1. The third kappa shape index (κ3) is 2.70. The van der Waals surface area contributed by atoms with E-state index in [4.69, 9.17) is 26.3 Å². The largest absolute Gasteiger partial charge is 0.508 e. The Bertz CT molecular complexity index is 652. The summed E-state index contributed by atoms with van der Waals surface area (Å²) < 4.78 is 10.3. The second-order valence-electron chi connectivity index (χ2n) is 3.76. The first-order valence-electron chi connectivity index (χ1n) is 5.51. The van der Waals surface area contributed by atoms with Crippen molar-refractivity contribution in [3.63, 3.8) is 0 Å². The molecule has 98 valence electrons. The average Bonchev–Trinajstić information content (AvgIpc) is 2.40. The Labute approximate surface area is 115 Å². The normalized spacial score (nSPS) is 10.4. The van der Waals surface area contributed by atoms with Gasteiger partial charge < -0.3 is 14.6 Å². The fourth-order valence-electron chi connectivity index (χ4n) is 1.61. The number of hydrogen-bond acceptors (Lipinski definition) is 5. The fourth-order valence-corrected chi connectivity index (χ4v) is 1.89. The predicted octanol–water partition coefficient (Wildman–Crippen LogP) is 2.49. The van der Waals surface area contributed by atoms with Gasteiger partial charge in [0.2, 0.25) is 5.88 Å². The molecule has 1 heterocycles. The standard InChI is InChI=1S/C13H11ClN2O3/c1-18-4-5-19-13-10(7-15)12(14)9-6-8(17)2-3-11(9)16-13/h2-3,6,17H,4-5H2,1H3. The van der Waals surface area contributed by atoms with E-state index in [2.05, 4.69) is 4.98 Å². The van der Waals surface area contributed by atoms with Gasteiger partial charge in [0.05, 0.1) is 17.1 Å². The highest BCUT2D eigenvalue weighted by molar-refractivity contribution is 6.36. The van der Waals surface area contributed by atoms with Crippen molar-refractivity contribution in [2.45, 2.75) is 0 Å². The van der Waals surface area contributed by atoms with Gasteiger partial charge in [-0.1, -0.05) is 11.6 Å². The highest BCUT2D eigenvalue weighted by Crippen LogP contribution is 2.33. The van der Waals surface area contributed by atoms with Crippen LogP contribution in [0.1, 0.15) is 5.56 Å². The number of ether oxygens (including phenoxy) is 2. The number of nitriles is 1. The van der Waals surface area contributed by atoms with Crippen LogP contribution in [0.3, 0.4) is 0 Å². The van der Waals surface area contributed by atoms with E-state index in [0.29, 0.717) is 17.5 Å². The molecule has 6 heteroatoms. The molecular formula is C13H11ClN2O3. The van der Waals surface area contributed by atoms with E-state index in [1.807, 2.05) is 6.07 Å². The van der Waals surface area contributed by atoms with Gasteiger partial charge in [0.1, 0.15) is 24.0 Å². The number of rotatable bonds is 4. The smallest absolute Gasteiger partial charge is 0.233 e. The van der Waals surface area contributed by atoms with Crippen molar-refractivity contribution in [1.82, 2.24) is 4.98 Å².